The highest BCUT2D eigenvalue weighted by atomic mass is 16.5. The molecule has 0 spiro atoms. The number of aryl methyl sites for hydroxylation is 2. The Morgan fingerprint density at radius 1 is 0.543 bits per heavy atom. The van der Waals surface area contributed by atoms with Crippen LogP contribution in [0, 0.1) is 13.8 Å². The molecule has 6 rings (SSSR count). The molecule has 0 saturated heterocycles. The summed E-state index contributed by atoms with van der Waals surface area (Å²) in [5, 5.41) is 0.607. The van der Waals surface area contributed by atoms with Gasteiger partial charge in [0.05, 0.1) is 14.2 Å². The third-order valence-electron chi connectivity index (χ3n) is 8.35. The zero-order valence-corrected chi connectivity index (χ0v) is 27.3. The molecule has 8 nitrogen and oxygen atoms in total. The Labute approximate surface area is 267 Å². The Morgan fingerprint density at radius 2 is 0.891 bits per heavy atom. The fourth-order valence-corrected chi connectivity index (χ4v) is 5.92. The molecule has 4 aromatic carbocycles. The lowest BCUT2D eigenvalue weighted by molar-refractivity contribution is 0.418. The number of hydrogen-bond donors (Lipinski definition) is 0. The lowest BCUT2D eigenvalue weighted by Gasteiger charge is -2.18. The van der Waals surface area contributed by atoms with Gasteiger partial charge in [0.15, 0.2) is 22.0 Å². The van der Waals surface area contributed by atoms with Crippen LogP contribution < -0.4 is 30.1 Å². The largest absolute Gasteiger partial charge is 0.496 e. The Morgan fingerprint density at radius 3 is 1.20 bits per heavy atom. The summed E-state index contributed by atoms with van der Waals surface area (Å²) in [6, 6.07) is 22.2. The van der Waals surface area contributed by atoms with E-state index in [1.54, 1.807) is 0 Å². The Balaban J connectivity index is 1.70. The predicted octanol–water partition coefficient (Wildman–Crippen LogP) is 7.67. The monoisotopic (exact) mass is 616 g/mol. The van der Waals surface area contributed by atoms with Crippen LogP contribution in [0.2, 0.25) is 0 Å². The lowest BCUT2D eigenvalue weighted by Crippen LogP contribution is -2.08. The van der Waals surface area contributed by atoms with Crippen LogP contribution in [-0.4, -0.2) is 42.4 Å². The van der Waals surface area contributed by atoms with Gasteiger partial charge < -0.3 is 28.1 Å². The molecule has 0 bridgehead atoms. The van der Waals surface area contributed by atoms with Crippen molar-refractivity contribution in [2.24, 2.45) is 0 Å². The van der Waals surface area contributed by atoms with Gasteiger partial charge in [-0.3, -0.25) is 9.59 Å². The molecule has 0 N–H and O–H groups in total. The van der Waals surface area contributed by atoms with Crippen LogP contribution in [-0.2, 0) is 0 Å². The zero-order valence-electron chi connectivity index (χ0n) is 27.3. The molecule has 0 amide bonds. The molecule has 2 heterocycles. The fraction of sp³-hybridized carbons (Fsp3) is 0.211. The maximum Gasteiger partial charge on any atom is 0.197 e. The molecular weight excluding hydrogens is 580 g/mol. The third kappa shape index (κ3) is 5.15. The van der Waals surface area contributed by atoms with Crippen LogP contribution in [0.5, 0.6) is 11.5 Å². The van der Waals surface area contributed by atoms with Gasteiger partial charge in [0.2, 0.25) is 0 Å². The number of nitrogens with zero attached hydrogens (tertiary/aromatic N) is 2. The van der Waals surface area contributed by atoms with Crippen LogP contribution in [0.4, 0.5) is 11.4 Å². The van der Waals surface area contributed by atoms with Crippen molar-refractivity contribution in [1.29, 1.82) is 0 Å². The van der Waals surface area contributed by atoms with Crippen molar-refractivity contribution in [2.45, 2.75) is 13.8 Å². The minimum Gasteiger partial charge on any atom is -0.496 e. The molecule has 0 aliphatic rings. The molecule has 234 valence electrons. The third-order valence-corrected chi connectivity index (χ3v) is 8.35. The van der Waals surface area contributed by atoms with Crippen LogP contribution in [0.15, 0.2) is 91.2 Å². The summed E-state index contributed by atoms with van der Waals surface area (Å²) >= 11 is 0. The summed E-state index contributed by atoms with van der Waals surface area (Å²) < 4.78 is 24.6. The van der Waals surface area contributed by atoms with Gasteiger partial charge in [0, 0.05) is 74.0 Å². The summed E-state index contributed by atoms with van der Waals surface area (Å²) in [5.74, 6) is 1.63. The Hall–Kier alpha value is -5.50. The van der Waals surface area contributed by atoms with Gasteiger partial charge in [-0.25, -0.2) is 0 Å². The topological polar surface area (TPSA) is 85.4 Å². The van der Waals surface area contributed by atoms with E-state index in [4.69, 9.17) is 18.3 Å². The van der Waals surface area contributed by atoms with E-state index in [9.17, 15) is 9.59 Å². The highest BCUT2D eigenvalue weighted by molar-refractivity contribution is 6.07. The summed E-state index contributed by atoms with van der Waals surface area (Å²) in [4.78, 5) is 31.6. The molecule has 0 unspecified atom stereocenters. The van der Waals surface area contributed by atoms with Gasteiger partial charge in [-0.1, -0.05) is 0 Å². The molecule has 0 radical (unpaired) electrons. The Bertz CT molecular complexity index is 2070. The summed E-state index contributed by atoms with van der Waals surface area (Å²) in [7, 11) is 10.9. The van der Waals surface area contributed by atoms with Gasteiger partial charge in [-0.15, -0.1) is 0 Å². The van der Waals surface area contributed by atoms with E-state index in [-0.39, 0.29) is 10.9 Å². The fourth-order valence-electron chi connectivity index (χ4n) is 5.92. The minimum absolute atomic E-state index is 0.246. The van der Waals surface area contributed by atoms with Crippen molar-refractivity contribution >= 4 is 33.3 Å². The Kier molecular flexibility index (Phi) is 7.82. The van der Waals surface area contributed by atoms with Crippen LogP contribution >= 0.6 is 0 Å². The van der Waals surface area contributed by atoms with Crippen LogP contribution in [0.1, 0.15) is 11.1 Å². The first-order valence-corrected chi connectivity index (χ1v) is 14.9. The number of rotatable bonds is 7. The van der Waals surface area contributed by atoms with Crippen molar-refractivity contribution in [2.75, 3.05) is 52.2 Å². The number of hydrogen-bond acceptors (Lipinski definition) is 8. The highest BCUT2D eigenvalue weighted by Crippen LogP contribution is 2.44. The minimum atomic E-state index is -0.246. The van der Waals surface area contributed by atoms with E-state index < -0.39 is 0 Å². The quantitative estimate of drug-likeness (QED) is 0.181. The van der Waals surface area contributed by atoms with Gasteiger partial charge in [0.1, 0.15) is 33.8 Å². The second-order valence-electron chi connectivity index (χ2n) is 11.8. The van der Waals surface area contributed by atoms with Crippen molar-refractivity contribution < 1.29 is 18.3 Å². The zero-order chi connectivity index (χ0) is 32.9. The molecule has 0 aliphatic heterocycles. The smallest absolute Gasteiger partial charge is 0.197 e. The predicted molar refractivity (Wildman–Crippen MR) is 186 cm³/mol. The molecule has 2 aromatic heterocycles. The molecule has 0 saturated carbocycles. The van der Waals surface area contributed by atoms with Crippen molar-refractivity contribution in [3.05, 3.63) is 104 Å². The molecular formula is C38H36N2O6. The van der Waals surface area contributed by atoms with Gasteiger partial charge in [-0.05, 0) is 85.6 Å². The van der Waals surface area contributed by atoms with E-state index in [1.165, 1.54) is 26.4 Å². The number of ether oxygens (including phenoxy) is 2. The van der Waals surface area contributed by atoms with Crippen molar-refractivity contribution in [3.8, 4) is 45.3 Å². The number of benzene rings is 4. The molecule has 6 aromatic rings. The van der Waals surface area contributed by atoms with Gasteiger partial charge >= 0.3 is 0 Å². The second-order valence-corrected chi connectivity index (χ2v) is 11.8. The van der Waals surface area contributed by atoms with E-state index >= 15 is 0 Å². The normalized spacial score (nSPS) is 11.2. The average molecular weight is 617 g/mol. The molecule has 46 heavy (non-hydrogen) atoms. The van der Waals surface area contributed by atoms with E-state index in [2.05, 4.69) is 0 Å². The second kappa shape index (κ2) is 11.8. The average Bonchev–Trinajstić information content (AvgIpc) is 3.04. The first kappa shape index (κ1) is 30.5. The SMILES string of the molecule is COc1cc(C)c(-c2c(C)cc(OC)c3c(=O)cc(-c4ccc(N(C)C)cc4)oc23)c2oc(-c3ccc(N(C)C)cc3)cc(=O)c12. The molecule has 0 aliphatic carbocycles. The van der Waals surface area contributed by atoms with Crippen molar-refractivity contribution in [3.63, 3.8) is 0 Å². The summed E-state index contributed by atoms with van der Waals surface area (Å²) in [6.45, 7) is 3.85. The maximum atomic E-state index is 13.8. The number of methoxy groups -OCH3 is 2. The molecule has 0 fully saturated rings. The number of anilines is 2. The van der Waals surface area contributed by atoms with E-state index in [1.807, 2.05) is 113 Å². The standard InChI is InChI=1S/C38H36N2O6/c1-21-17-31(43-7)35-27(41)19-29(23-9-13-25(14-10-23)39(3)4)45-37(35)33(21)34-22(2)18-32(44-8)36-28(42)20-30(46-38(34)36)24-11-15-26(16-12-24)40(5)6/h9-20H,1-8H3. The molecule has 8 heteroatoms. The van der Waals surface area contributed by atoms with Crippen LogP contribution in [0.25, 0.3) is 55.7 Å². The number of fused-ring (bicyclic) bond motifs is 2. The first-order valence-electron chi connectivity index (χ1n) is 14.9. The maximum absolute atomic E-state index is 13.8. The highest BCUT2D eigenvalue weighted by Gasteiger charge is 2.25. The van der Waals surface area contributed by atoms with Gasteiger partial charge in [-0.2, -0.15) is 0 Å². The lowest BCUT2D eigenvalue weighted by atomic mass is 9.91. The van der Waals surface area contributed by atoms with Crippen LogP contribution in [0.3, 0.4) is 0 Å². The van der Waals surface area contributed by atoms with E-state index in [0.717, 1.165) is 33.6 Å². The summed E-state index contributed by atoms with van der Waals surface area (Å²) in [5.41, 5.74) is 6.57. The van der Waals surface area contributed by atoms with Gasteiger partial charge in [0.25, 0.3) is 0 Å². The molecule has 0 atom stereocenters. The first-order chi connectivity index (χ1) is 22.0. The van der Waals surface area contributed by atoms with E-state index in [0.29, 0.717) is 56.1 Å². The summed E-state index contributed by atoms with van der Waals surface area (Å²) in [6.07, 6.45) is 0. The van der Waals surface area contributed by atoms with Crippen molar-refractivity contribution in [1.82, 2.24) is 0 Å².